The molecule has 0 radical (unpaired) electrons. The molecule has 1 amide bonds. The molecule has 0 bridgehead atoms. The summed E-state index contributed by atoms with van der Waals surface area (Å²) in [5, 5.41) is 10.2. The Morgan fingerprint density at radius 3 is 2.94 bits per heavy atom. The molecule has 0 spiro atoms. The fourth-order valence-electron chi connectivity index (χ4n) is 2.43. The number of likely N-dealkylation sites (tertiary alicyclic amines) is 1. The number of halogens is 1. The number of rotatable bonds is 2. The molecule has 1 heterocycles. The molecule has 98 valence electrons. The second-order valence-corrected chi connectivity index (χ2v) is 5.24. The first-order valence-electron chi connectivity index (χ1n) is 6.02. The van der Waals surface area contributed by atoms with E-state index in [-0.39, 0.29) is 23.3 Å². The molecular formula is C13H17ClN2O2. The van der Waals surface area contributed by atoms with E-state index >= 15 is 0 Å². The van der Waals surface area contributed by atoms with E-state index < -0.39 is 0 Å². The van der Waals surface area contributed by atoms with Crippen molar-refractivity contribution in [1.29, 1.82) is 0 Å². The van der Waals surface area contributed by atoms with Crippen LogP contribution in [0.15, 0.2) is 18.2 Å². The van der Waals surface area contributed by atoms with Gasteiger partial charge >= 0.3 is 0 Å². The minimum atomic E-state index is -0.182. The molecule has 0 aromatic heterocycles. The first-order chi connectivity index (χ1) is 8.52. The van der Waals surface area contributed by atoms with Crippen LogP contribution in [-0.2, 0) is 0 Å². The Kier molecular flexibility index (Phi) is 3.78. The molecule has 2 rings (SSSR count). The summed E-state index contributed by atoms with van der Waals surface area (Å²) >= 11 is 5.86. The molecule has 2 atom stereocenters. The summed E-state index contributed by atoms with van der Waals surface area (Å²) in [5.74, 6) is 0.122. The second kappa shape index (κ2) is 5.16. The van der Waals surface area contributed by atoms with E-state index in [0.29, 0.717) is 24.0 Å². The van der Waals surface area contributed by atoms with Crippen LogP contribution in [0.3, 0.4) is 0 Å². The van der Waals surface area contributed by atoms with Crippen LogP contribution in [0.1, 0.15) is 23.7 Å². The van der Waals surface area contributed by atoms with Gasteiger partial charge in [0.25, 0.3) is 5.91 Å². The second-order valence-electron chi connectivity index (χ2n) is 4.81. The Morgan fingerprint density at radius 1 is 1.61 bits per heavy atom. The van der Waals surface area contributed by atoms with Gasteiger partial charge < -0.3 is 15.7 Å². The highest BCUT2D eigenvalue weighted by Gasteiger charge is 2.33. The van der Waals surface area contributed by atoms with E-state index in [2.05, 4.69) is 0 Å². The van der Waals surface area contributed by atoms with E-state index in [4.69, 9.17) is 17.3 Å². The first-order valence-corrected chi connectivity index (χ1v) is 6.40. The van der Waals surface area contributed by atoms with Crippen molar-refractivity contribution in [2.75, 3.05) is 13.1 Å². The van der Waals surface area contributed by atoms with Crippen LogP contribution >= 0.6 is 11.6 Å². The summed E-state index contributed by atoms with van der Waals surface area (Å²) in [5.41, 5.74) is 5.90. The third kappa shape index (κ3) is 2.44. The Labute approximate surface area is 111 Å². The van der Waals surface area contributed by atoms with Crippen molar-refractivity contribution in [3.05, 3.63) is 28.8 Å². The molecule has 18 heavy (non-hydrogen) atoms. The summed E-state index contributed by atoms with van der Waals surface area (Å²) in [4.78, 5) is 14.1. The van der Waals surface area contributed by atoms with Crippen LogP contribution < -0.4 is 5.73 Å². The average molecular weight is 269 g/mol. The molecule has 0 saturated carbocycles. The molecule has 4 nitrogen and oxygen atoms in total. The number of hydrogen-bond acceptors (Lipinski definition) is 3. The van der Waals surface area contributed by atoms with Gasteiger partial charge in [-0.05, 0) is 44.0 Å². The molecular weight excluding hydrogens is 252 g/mol. The van der Waals surface area contributed by atoms with Crippen molar-refractivity contribution >= 4 is 17.5 Å². The van der Waals surface area contributed by atoms with E-state index in [9.17, 15) is 9.90 Å². The third-order valence-electron chi connectivity index (χ3n) is 3.44. The Morgan fingerprint density at radius 2 is 2.33 bits per heavy atom. The highest BCUT2D eigenvalue weighted by atomic mass is 35.5. The molecule has 1 aromatic carbocycles. The number of carbonyl (C=O) groups is 1. The summed E-state index contributed by atoms with van der Waals surface area (Å²) < 4.78 is 0. The average Bonchev–Trinajstić information content (AvgIpc) is 2.73. The number of phenols is 1. The zero-order valence-corrected chi connectivity index (χ0v) is 11.0. The van der Waals surface area contributed by atoms with Gasteiger partial charge in [-0.15, -0.1) is 0 Å². The van der Waals surface area contributed by atoms with Gasteiger partial charge in [-0.3, -0.25) is 4.79 Å². The number of hydrogen-bond donors (Lipinski definition) is 2. The number of amides is 1. The lowest BCUT2D eigenvalue weighted by molar-refractivity contribution is 0.0740. The fourth-order valence-corrected chi connectivity index (χ4v) is 2.60. The number of benzene rings is 1. The van der Waals surface area contributed by atoms with E-state index in [1.165, 1.54) is 12.1 Å². The molecule has 5 heteroatoms. The number of carbonyl (C=O) groups excluding carboxylic acids is 1. The molecule has 3 N–H and O–H groups in total. The van der Waals surface area contributed by atoms with Crippen molar-refractivity contribution in [3.8, 4) is 5.75 Å². The quantitative estimate of drug-likeness (QED) is 0.860. The Balaban J connectivity index is 2.24. The zero-order chi connectivity index (χ0) is 13.3. The van der Waals surface area contributed by atoms with Crippen molar-refractivity contribution < 1.29 is 9.90 Å². The van der Waals surface area contributed by atoms with Crippen LogP contribution in [0, 0.1) is 5.92 Å². The van der Waals surface area contributed by atoms with Gasteiger partial charge in [0.15, 0.2) is 0 Å². The lowest BCUT2D eigenvalue weighted by Gasteiger charge is -2.22. The van der Waals surface area contributed by atoms with E-state index in [1.54, 1.807) is 11.0 Å². The number of nitrogens with two attached hydrogens (primary N) is 1. The van der Waals surface area contributed by atoms with Crippen molar-refractivity contribution in [1.82, 2.24) is 4.90 Å². The van der Waals surface area contributed by atoms with Crippen LogP contribution in [0.2, 0.25) is 5.02 Å². The van der Waals surface area contributed by atoms with E-state index in [1.807, 2.05) is 6.92 Å². The smallest absolute Gasteiger partial charge is 0.257 e. The minimum absolute atomic E-state index is 0.0344. The number of phenolic OH excluding ortho intramolecular Hbond substituents is 1. The molecule has 2 unspecified atom stereocenters. The normalized spacial score (nSPS) is 23.4. The Bertz CT molecular complexity index is 464. The predicted molar refractivity (Wildman–Crippen MR) is 70.8 cm³/mol. The van der Waals surface area contributed by atoms with Gasteiger partial charge in [-0.2, -0.15) is 0 Å². The summed E-state index contributed by atoms with van der Waals surface area (Å²) in [6.45, 7) is 3.22. The Hall–Kier alpha value is -1.26. The van der Waals surface area contributed by atoms with Gasteiger partial charge in [0.05, 0.1) is 5.56 Å². The molecule has 1 aromatic rings. The maximum Gasteiger partial charge on any atom is 0.257 e. The minimum Gasteiger partial charge on any atom is -0.507 e. The van der Waals surface area contributed by atoms with Gasteiger partial charge in [-0.1, -0.05) is 11.6 Å². The lowest BCUT2D eigenvalue weighted by atomic mass is 10.1. The SMILES string of the molecule is CC1CC(CN)CN1C(=O)c1cc(Cl)ccc1O. The zero-order valence-electron chi connectivity index (χ0n) is 10.3. The topological polar surface area (TPSA) is 66.6 Å². The summed E-state index contributed by atoms with van der Waals surface area (Å²) in [6, 6.07) is 4.65. The van der Waals surface area contributed by atoms with Gasteiger partial charge in [0.1, 0.15) is 5.75 Å². The highest BCUT2D eigenvalue weighted by Crippen LogP contribution is 2.28. The largest absolute Gasteiger partial charge is 0.507 e. The van der Waals surface area contributed by atoms with E-state index in [0.717, 1.165) is 6.42 Å². The first kappa shape index (κ1) is 13.2. The molecule has 1 aliphatic heterocycles. The van der Waals surface area contributed by atoms with Crippen LogP contribution in [0.4, 0.5) is 0 Å². The van der Waals surface area contributed by atoms with Gasteiger partial charge in [0.2, 0.25) is 0 Å². The molecule has 1 aliphatic rings. The summed E-state index contributed by atoms with van der Waals surface area (Å²) in [6.07, 6.45) is 0.906. The maximum atomic E-state index is 12.4. The predicted octanol–water partition coefficient (Wildman–Crippen LogP) is 1.85. The van der Waals surface area contributed by atoms with Crippen molar-refractivity contribution in [2.45, 2.75) is 19.4 Å². The van der Waals surface area contributed by atoms with Crippen LogP contribution in [0.25, 0.3) is 0 Å². The lowest BCUT2D eigenvalue weighted by Crippen LogP contribution is -2.34. The van der Waals surface area contributed by atoms with Crippen LogP contribution in [-0.4, -0.2) is 35.0 Å². The highest BCUT2D eigenvalue weighted by molar-refractivity contribution is 6.31. The van der Waals surface area contributed by atoms with Crippen molar-refractivity contribution in [3.63, 3.8) is 0 Å². The molecule has 1 fully saturated rings. The molecule has 0 aliphatic carbocycles. The van der Waals surface area contributed by atoms with Gasteiger partial charge in [0, 0.05) is 17.6 Å². The van der Waals surface area contributed by atoms with Gasteiger partial charge in [-0.25, -0.2) is 0 Å². The van der Waals surface area contributed by atoms with Crippen LogP contribution in [0.5, 0.6) is 5.75 Å². The van der Waals surface area contributed by atoms with Crippen molar-refractivity contribution in [2.24, 2.45) is 11.7 Å². The number of aromatic hydroxyl groups is 1. The maximum absolute atomic E-state index is 12.4. The third-order valence-corrected chi connectivity index (χ3v) is 3.68. The monoisotopic (exact) mass is 268 g/mol. The fraction of sp³-hybridized carbons (Fsp3) is 0.462. The summed E-state index contributed by atoms with van der Waals surface area (Å²) in [7, 11) is 0. The number of nitrogens with zero attached hydrogens (tertiary/aromatic N) is 1. The molecule has 1 saturated heterocycles. The standard InChI is InChI=1S/C13H17ClN2O2/c1-8-4-9(6-15)7-16(8)13(18)11-5-10(14)2-3-12(11)17/h2-3,5,8-9,17H,4,6-7,15H2,1H3.